The number of benzene rings is 3. The zero-order chi connectivity index (χ0) is 21.4. The summed E-state index contributed by atoms with van der Waals surface area (Å²) in [5, 5.41) is 0. The molecule has 0 unspecified atom stereocenters. The molecule has 1 fully saturated rings. The molecule has 0 aliphatic heterocycles. The lowest BCUT2D eigenvalue weighted by molar-refractivity contribution is 0.207. The first kappa shape index (κ1) is 21.7. The minimum atomic E-state index is -3.81. The highest BCUT2D eigenvalue weighted by Crippen LogP contribution is 2.49. The second-order valence-electron chi connectivity index (χ2n) is 7.92. The molecular formula is C26H29O4P. The van der Waals surface area contributed by atoms with Crippen molar-refractivity contribution >= 4 is 7.82 Å². The van der Waals surface area contributed by atoms with Crippen LogP contribution in [0.5, 0.6) is 11.5 Å². The van der Waals surface area contributed by atoms with Gasteiger partial charge in [-0.25, -0.2) is 4.57 Å². The molecule has 0 aromatic heterocycles. The van der Waals surface area contributed by atoms with Gasteiger partial charge in [0.2, 0.25) is 0 Å². The van der Waals surface area contributed by atoms with E-state index in [4.69, 9.17) is 13.6 Å². The summed E-state index contributed by atoms with van der Waals surface area (Å²) in [6.07, 6.45) is 6.89. The largest absolute Gasteiger partial charge is 0.587 e. The van der Waals surface area contributed by atoms with Gasteiger partial charge in [0, 0.05) is 0 Å². The fourth-order valence-electron chi connectivity index (χ4n) is 3.96. The van der Waals surface area contributed by atoms with E-state index in [0.717, 1.165) is 18.8 Å². The van der Waals surface area contributed by atoms with Gasteiger partial charge in [-0.05, 0) is 67.0 Å². The Bertz CT molecular complexity index is 922. The molecule has 4 nitrogen and oxygen atoms in total. The van der Waals surface area contributed by atoms with Crippen LogP contribution in [0, 0.1) is 0 Å². The molecule has 4 rings (SSSR count). The Morgan fingerprint density at radius 2 is 1.29 bits per heavy atom. The standard InChI is InChI=1S/C26H29O4P/c27-31(29-25-13-3-1-4-14-25,30-26-15-5-2-6-16-26)28-21-9-10-22-17-19-24(20-18-22)23-11-7-8-12-23/h1-6,13-20,23H,7-12,21H2. The minimum Gasteiger partial charge on any atom is -0.395 e. The van der Waals surface area contributed by atoms with Crippen LogP contribution in [0.25, 0.3) is 0 Å². The minimum absolute atomic E-state index is 0.279. The second-order valence-corrected chi connectivity index (χ2v) is 9.43. The van der Waals surface area contributed by atoms with Crippen molar-refractivity contribution in [3.8, 4) is 11.5 Å². The van der Waals surface area contributed by atoms with Gasteiger partial charge < -0.3 is 9.05 Å². The van der Waals surface area contributed by atoms with Gasteiger partial charge in [-0.2, -0.15) is 0 Å². The predicted molar refractivity (Wildman–Crippen MR) is 124 cm³/mol. The molecule has 1 aliphatic carbocycles. The Morgan fingerprint density at radius 3 is 1.84 bits per heavy atom. The van der Waals surface area contributed by atoms with E-state index in [9.17, 15) is 4.57 Å². The van der Waals surface area contributed by atoms with Crippen molar-refractivity contribution in [2.45, 2.75) is 44.4 Å². The third-order valence-electron chi connectivity index (χ3n) is 5.59. The van der Waals surface area contributed by atoms with E-state index in [1.807, 2.05) is 36.4 Å². The molecule has 5 heteroatoms. The van der Waals surface area contributed by atoms with Crippen molar-refractivity contribution in [3.63, 3.8) is 0 Å². The molecule has 0 amide bonds. The Morgan fingerprint density at radius 1 is 0.742 bits per heavy atom. The van der Waals surface area contributed by atoms with Crippen LogP contribution < -0.4 is 9.05 Å². The van der Waals surface area contributed by atoms with Crippen molar-refractivity contribution in [3.05, 3.63) is 96.1 Å². The number of para-hydroxylation sites is 2. The van der Waals surface area contributed by atoms with Gasteiger partial charge >= 0.3 is 7.82 Å². The summed E-state index contributed by atoms with van der Waals surface area (Å²) in [4.78, 5) is 0. The molecule has 0 N–H and O–H groups in total. The van der Waals surface area contributed by atoms with E-state index in [0.29, 0.717) is 11.5 Å². The highest BCUT2D eigenvalue weighted by atomic mass is 31.2. The van der Waals surface area contributed by atoms with Crippen LogP contribution in [-0.4, -0.2) is 6.61 Å². The Hall–Kier alpha value is -2.55. The smallest absolute Gasteiger partial charge is 0.395 e. The summed E-state index contributed by atoms with van der Waals surface area (Å²) in [5.74, 6) is 1.63. The number of phosphoric acid groups is 1. The SMILES string of the molecule is O=P(OCCCc1ccc(C2CCCC2)cc1)(Oc1ccccc1)Oc1ccccc1. The highest BCUT2D eigenvalue weighted by Gasteiger charge is 2.30. The summed E-state index contributed by atoms with van der Waals surface area (Å²) < 4.78 is 30.2. The van der Waals surface area contributed by atoms with Gasteiger partial charge in [0.25, 0.3) is 0 Å². The van der Waals surface area contributed by atoms with Gasteiger partial charge in [0.1, 0.15) is 11.5 Å². The van der Waals surface area contributed by atoms with Gasteiger partial charge in [-0.1, -0.05) is 73.5 Å². The normalized spacial score (nSPS) is 14.5. The van der Waals surface area contributed by atoms with Crippen molar-refractivity contribution in [2.75, 3.05) is 6.61 Å². The zero-order valence-electron chi connectivity index (χ0n) is 17.7. The molecule has 0 bridgehead atoms. The summed E-state index contributed by atoms with van der Waals surface area (Å²) in [6.45, 7) is 0.279. The number of phosphoric ester groups is 1. The molecule has 162 valence electrons. The predicted octanol–water partition coefficient (Wildman–Crippen LogP) is 7.56. The van der Waals surface area contributed by atoms with Gasteiger partial charge in [-0.15, -0.1) is 0 Å². The lowest BCUT2D eigenvalue weighted by Crippen LogP contribution is -2.06. The van der Waals surface area contributed by atoms with Crippen molar-refractivity contribution in [2.24, 2.45) is 0 Å². The van der Waals surface area contributed by atoms with Crippen LogP contribution in [-0.2, 0) is 15.5 Å². The number of hydrogen-bond acceptors (Lipinski definition) is 4. The second kappa shape index (κ2) is 10.7. The van der Waals surface area contributed by atoms with Gasteiger partial charge in [0.15, 0.2) is 0 Å². The molecule has 1 aliphatic rings. The lowest BCUT2D eigenvalue weighted by atomic mass is 9.96. The van der Waals surface area contributed by atoms with Gasteiger partial charge in [0.05, 0.1) is 6.61 Å². The van der Waals surface area contributed by atoms with E-state index in [-0.39, 0.29) is 6.61 Å². The zero-order valence-corrected chi connectivity index (χ0v) is 18.6. The number of hydrogen-bond donors (Lipinski definition) is 0. The number of rotatable bonds is 10. The maximum atomic E-state index is 13.3. The van der Waals surface area contributed by atoms with Crippen LogP contribution in [0.2, 0.25) is 0 Å². The lowest BCUT2D eigenvalue weighted by Gasteiger charge is -2.19. The van der Waals surface area contributed by atoms with E-state index in [1.54, 1.807) is 24.3 Å². The fraction of sp³-hybridized carbons (Fsp3) is 0.308. The topological polar surface area (TPSA) is 44.8 Å². The Kier molecular flexibility index (Phi) is 7.45. The van der Waals surface area contributed by atoms with Crippen LogP contribution in [0.15, 0.2) is 84.9 Å². The molecular weight excluding hydrogens is 407 g/mol. The average molecular weight is 436 g/mol. The average Bonchev–Trinajstić information content (AvgIpc) is 3.34. The van der Waals surface area contributed by atoms with E-state index < -0.39 is 7.82 Å². The van der Waals surface area contributed by atoms with Crippen LogP contribution in [0.4, 0.5) is 0 Å². The fourth-order valence-corrected chi connectivity index (χ4v) is 5.22. The van der Waals surface area contributed by atoms with Crippen LogP contribution >= 0.6 is 7.82 Å². The highest BCUT2D eigenvalue weighted by molar-refractivity contribution is 7.49. The summed E-state index contributed by atoms with van der Waals surface area (Å²) >= 11 is 0. The molecule has 0 heterocycles. The van der Waals surface area contributed by atoms with Crippen LogP contribution in [0.1, 0.15) is 49.1 Å². The molecule has 31 heavy (non-hydrogen) atoms. The quantitative estimate of drug-likeness (QED) is 0.243. The van der Waals surface area contributed by atoms with Crippen LogP contribution in [0.3, 0.4) is 0 Å². The number of aryl methyl sites for hydroxylation is 1. The van der Waals surface area contributed by atoms with E-state index in [1.165, 1.54) is 36.8 Å². The molecule has 0 saturated heterocycles. The molecule has 0 atom stereocenters. The third kappa shape index (κ3) is 6.46. The Labute approximate surface area is 184 Å². The maximum Gasteiger partial charge on any atom is 0.587 e. The first-order valence-electron chi connectivity index (χ1n) is 11.0. The third-order valence-corrected chi connectivity index (χ3v) is 6.95. The molecule has 3 aromatic carbocycles. The van der Waals surface area contributed by atoms with Crippen molar-refractivity contribution in [1.82, 2.24) is 0 Å². The first-order chi connectivity index (χ1) is 15.2. The molecule has 3 aromatic rings. The summed E-state index contributed by atoms with van der Waals surface area (Å²) in [6, 6.07) is 26.9. The summed E-state index contributed by atoms with van der Waals surface area (Å²) in [5.41, 5.74) is 2.71. The molecule has 1 saturated carbocycles. The molecule has 0 radical (unpaired) electrons. The van der Waals surface area contributed by atoms with E-state index in [2.05, 4.69) is 24.3 Å². The van der Waals surface area contributed by atoms with Gasteiger partial charge in [-0.3, -0.25) is 4.52 Å². The molecule has 0 spiro atoms. The van der Waals surface area contributed by atoms with Crippen molar-refractivity contribution < 1.29 is 18.1 Å². The first-order valence-corrected chi connectivity index (χ1v) is 12.5. The summed E-state index contributed by atoms with van der Waals surface area (Å²) in [7, 11) is -3.81. The maximum absolute atomic E-state index is 13.3. The Balaban J connectivity index is 1.33. The monoisotopic (exact) mass is 436 g/mol. The van der Waals surface area contributed by atoms with Crippen molar-refractivity contribution in [1.29, 1.82) is 0 Å². The van der Waals surface area contributed by atoms with E-state index >= 15 is 0 Å².